The van der Waals surface area contributed by atoms with Crippen LogP contribution in [0.3, 0.4) is 0 Å². The summed E-state index contributed by atoms with van der Waals surface area (Å²) in [4.78, 5) is 0.416. The fourth-order valence-corrected chi connectivity index (χ4v) is 1.37. The summed E-state index contributed by atoms with van der Waals surface area (Å²) >= 11 is 0. The summed E-state index contributed by atoms with van der Waals surface area (Å²) in [5.41, 5.74) is 0. The first-order chi connectivity index (χ1) is 4.84. The van der Waals surface area contributed by atoms with Gasteiger partial charge < -0.3 is 16.6 Å². The van der Waals surface area contributed by atoms with Crippen molar-refractivity contribution in [1.29, 1.82) is 0 Å². The van der Waals surface area contributed by atoms with Crippen molar-refractivity contribution in [3.63, 3.8) is 0 Å². The van der Waals surface area contributed by atoms with Gasteiger partial charge in [0.2, 0.25) is 0 Å². The molecule has 0 spiro atoms. The molecule has 1 aliphatic rings. The van der Waals surface area contributed by atoms with E-state index in [4.69, 9.17) is 5.21 Å². The largest absolute Gasteiger partial charge is 0.597 e. The highest BCUT2D eigenvalue weighted by atomic mass is 16.6. The Kier molecular flexibility index (Phi) is 4.52. The van der Waals surface area contributed by atoms with Gasteiger partial charge in [0.1, 0.15) is 0 Å². The van der Waals surface area contributed by atoms with Crippen LogP contribution in [0.15, 0.2) is 5.28 Å². The fraction of sp³-hybridized carbons (Fsp3) is 1.00. The van der Waals surface area contributed by atoms with Crippen molar-refractivity contribution in [2.24, 2.45) is 5.28 Å². The van der Waals surface area contributed by atoms with Gasteiger partial charge in [-0.1, -0.05) is 11.3 Å². The lowest BCUT2D eigenvalue weighted by Gasteiger charge is -2.16. The quantitative estimate of drug-likeness (QED) is 0.349. The Bertz CT molecular complexity index is 132. The molecule has 0 aromatic carbocycles. The van der Waals surface area contributed by atoms with Crippen LogP contribution in [0, 0.1) is 5.21 Å². The predicted octanol–water partition coefficient (Wildman–Crippen LogP) is 1.83. The van der Waals surface area contributed by atoms with Gasteiger partial charge >= 0.3 is 0 Å². The van der Waals surface area contributed by atoms with Crippen LogP contribution >= 0.6 is 0 Å². The molecule has 1 fully saturated rings. The van der Waals surface area contributed by atoms with Crippen molar-refractivity contribution >= 4 is 0 Å². The van der Waals surface area contributed by atoms with Gasteiger partial charge in [0.15, 0.2) is 11.3 Å². The van der Waals surface area contributed by atoms with E-state index in [9.17, 15) is 5.21 Å². The molecule has 11 heavy (non-hydrogen) atoms. The predicted molar refractivity (Wildman–Crippen MR) is 39.7 cm³/mol. The first-order valence-electron chi connectivity index (χ1n) is 3.66. The van der Waals surface area contributed by atoms with Crippen LogP contribution in [0.25, 0.3) is 0 Å². The van der Waals surface area contributed by atoms with Crippen LogP contribution in [0.4, 0.5) is 0 Å². The maximum Gasteiger partial charge on any atom is 0.197 e. The molecule has 0 heterocycles. The van der Waals surface area contributed by atoms with Gasteiger partial charge in [0.05, 0.1) is 0 Å². The molecule has 1 saturated carbocycles. The van der Waals surface area contributed by atoms with E-state index in [2.05, 4.69) is 5.28 Å². The zero-order chi connectivity index (χ0) is 7.40. The third-order valence-electron chi connectivity index (χ3n) is 1.98. The Morgan fingerprint density at radius 3 is 2.27 bits per heavy atom. The maximum atomic E-state index is 10.7. The lowest BCUT2D eigenvalue weighted by molar-refractivity contribution is -0.594. The number of hydrogen-bond acceptors (Lipinski definition) is 3. The second-order valence-corrected chi connectivity index (χ2v) is 2.68. The average molecular weight is 161 g/mol. The van der Waals surface area contributed by atoms with Crippen molar-refractivity contribution in [1.82, 2.24) is 6.15 Å². The second-order valence-electron chi connectivity index (χ2n) is 2.68. The highest BCUT2D eigenvalue weighted by Gasteiger charge is 2.21. The third-order valence-corrected chi connectivity index (χ3v) is 1.98. The Morgan fingerprint density at radius 2 is 1.82 bits per heavy atom. The molecule has 0 amide bonds. The van der Waals surface area contributed by atoms with E-state index in [1.54, 1.807) is 0 Å². The summed E-state index contributed by atoms with van der Waals surface area (Å²) in [6, 6.07) is -0.0706. The van der Waals surface area contributed by atoms with E-state index < -0.39 is 0 Å². The number of nitrogens with zero attached hydrogens (tertiary/aromatic N) is 2. The van der Waals surface area contributed by atoms with Gasteiger partial charge in [-0.15, -0.1) is 0 Å². The molecule has 4 N–H and O–H groups in total. The van der Waals surface area contributed by atoms with Crippen molar-refractivity contribution in [3.8, 4) is 0 Å². The smallest absolute Gasteiger partial charge is 0.197 e. The summed E-state index contributed by atoms with van der Waals surface area (Å²) in [5, 5.41) is 21.4. The van der Waals surface area contributed by atoms with Gasteiger partial charge in [-0.3, -0.25) is 0 Å². The van der Waals surface area contributed by atoms with Gasteiger partial charge in [-0.25, -0.2) is 0 Å². The van der Waals surface area contributed by atoms with Crippen LogP contribution in [0.5, 0.6) is 0 Å². The Balaban J connectivity index is 0.000001000. The van der Waals surface area contributed by atoms with Gasteiger partial charge in [0, 0.05) is 12.8 Å². The van der Waals surface area contributed by atoms with Crippen LogP contribution < -0.4 is 6.15 Å². The third kappa shape index (κ3) is 2.71. The first kappa shape index (κ1) is 10.2. The lowest BCUT2D eigenvalue weighted by atomic mass is 9.96. The molecule has 66 valence electrons. The molecule has 0 radical (unpaired) electrons. The van der Waals surface area contributed by atoms with Crippen molar-refractivity contribution < 1.29 is 10.1 Å². The molecule has 0 aliphatic heterocycles. The highest BCUT2D eigenvalue weighted by molar-refractivity contribution is 4.62. The van der Waals surface area contributed by atoms with Crippen molar-refractivity contribution in [2.75, 3.05) is 0 Å². The summed E-state index contributed by atoms with van der Waals surface area (Å²) < 4.78 is 0. The molecule has 5 nitrogen and oxygen atoms in total. The van der Waals surface area contributed by atoms with Crippen LogP contribution in [0.1, 0.15) is 32.1 Å². The SMILES string of the molecule is N.[O-][N+](=NO)C1CCCCC1. The summed E-state index contributed by atoms with van der Waals surface area (Å²) in [6.07, 6.45) is 5.11. The topological polar surface area (TPSA) is 93.7 Å². The van der Waals surface area contributed by atoms with E-state index >= 15 is 0 Å². The van der Waals surface area contributed by atoms with E-state index in [1.807, 2.05) is 0 Å². The summed E-state index contributed by atoms with van der Waals surface area (Å²) in [7, 11) is 0. The van der Waals surface area contributed by atoms with Crippen molar-refractivity contribution in [3.05, 3.63) is 5.21 Å². The number of hydrogen-bond donors (Lipinski definition) is 2. The monoisotopic (exact) mass is 161 g/mol. The maximum absolute atomic E-state index is 10.7. The molecule has 1 aliphatic carbocycles. The second kappa shape index (κ2) is 4.90. The van der Waals surface area contributed by atoms with E-state index in [0.717, 1.165) is 25.7 Å². The van der Waals surface area contributed by atoms with Crippen LogP contribution in [0.2, 0.25) is 0 Å². The average Bonchev–Trinajstić information content (AvgIpc) is 2.05. The minimum Gasteiger partial charge on any atom is -0.597 e. The molecular weight excluding hydrogens is 146 g/mol. The van der Waals surface area contributed by atoms with Crippen molar-refractivity contribution in [2.45, 2.75) is 38.1 Å². The Labute approximate surface area is 65.8 Å². The normalized spacial score (nSPS) is 20.9. The van der Waals surface area contributed by atoms with Gasteiger partial charge in [-0.2, -0.15) is 0 Å². The molecule has 1 rings (SSSR count). The van der Waals surface area contributed by atoms with E-state index in [-0.39, 0.29) is 12.2 Å². The summed E-state index contributed by atoms with van der Waals surface area (Å²) in [5.74, 6) is 0. The van der Waals surface area contributed by atoms with Gasteiger partial charge in [-0.05, 0) is 12.8 Å². The number of rotatable bonds is 1. The molecule has 0 aromatic heterocycles. The molecule has 0 bridgehead atoms. The summed E-state index contributed by atoms with van der Waals surface area (Å²) in [6.45, 7) is 0. The van der Waals surface area contributed by atoms with Crippen LogP contribution in [-0.4, -0.2) is 16.1 Å². The fourth-order valence-electron chi connectivity index (χ4n) is 1.37. The Hall–Kier alpha value is -0.840. The standard InChI is InChI=1S/C6H12N2O2.H3N/c9-7-8(10)6-4-2-1-3-5-6;/h6,9H,1-5H2;1H3. The zero-order valence-corrected chi connectivity index (χ0v) is 6.57. The lowest BCUT2D eigenvalue weighted by Crippen LogP contribution is -2.22. The van der Waals surface area contributed by atoms with E-state index in [0.29, 0.717) is 4.86 Å². The van der Waals surface area contributed by atoms with Gasteiger partial charge in [0.25, 0.3) is 0 Å². The number of hydroxylamine groups is 1. The zero-order valence-electron chi connectivity index (χ0n) is 6.57. The minimum atomic E-state index is -0.0706. The molecule has 5 heteroatoms. The highest BCUT2D eigenvalue weighted by Crippen LogP contribution is 2.19. The molecular formula is C6H15N3O2. The molecule has 0 aromatic rings. The minimum absolute atomic E-state index is 0. The Morgan fingerprint density at radius 1 is 1.27 bits per heavy atom. The molecule has 0 unspecified atom stereocenters. The van der Waals surface area contributed by atoms with Crippen LogP contribution in [-0.2, 0) is 0 Å². The first-order valence-corrected chi connectivity index (χ1v) is 3.66. The molecule has 0 saturated heterocycles. The van der Waals surface area contributed by atoms with E-state index in [1.165, 1.54) is 6.42 Å². The molecule has 0 atom stereocenters.